The smallest absolute Gasteiger partial charge is 0.255 e. The number of Topliss-reactive ketones (excluding diaryl/α,β-unsaturated/α-hetero) is 2. The van der Waals surface area contributed by atoms with Gasteiger partial charge in [-0.15, -0.1) is 24.8 Å². The van der Waals surface area contributed by atoms with Crippen LogP contribution in [-0.2, 0) is 25.6 Å². The fourth-order valence-corrected chi connectivity index (χ4v) is 7.74. The third kappa shape index (κ3) is 8.65. The number of nitrogens with zero attached hydrogens (tertiary/aromatic N) is 2. The van der Waals surface area contributed by atoms with E-state index >= 15 is 0 Å². The number of likely N-dealkylation sites (N-methyl/N-ethyl adjacent to an activating group) is 1. The van der Waals surface area contributed by atoms with Crippen LogP contribution >= 0.6 is 24.8 Å². The molecule has 3 aliphatic rings. The Labute approximate surface area is 312 Å². The van der Waals surface area contributed by atoms with Crippen molar-refractivity contribution >= 4 is 65.3 Å². The lowest BCUT2D eigenvalue weighted by Crippen LogP contribution is -2.65. The van der Waals surface area contributed by atoms with Gasteiger partial charge in [-0.1, -0.05) is 58.3 Å². The van der Waals surface area contributed by atoms with E-state index in [4.69, 9.17) is 5.73 Å². The molecule has 286 valence electrons. The van der Waals surface area contributed by atoms with Crippen molar-refractivity contribution in [3.05, 3.63) is 34.1 Å². The molecule has 0 aromatic heterocycles. The Hall–Kier alpha value is -3.36. The zero-order valence-corrected chi connectivity index (χ0v) is 31.8. The van der Waals surface area contributed by atoms with Gasteiger partial charge in [0.2, 0.25) is 11.7 Å². The molecule has 0 spiro atoms. The number of hydrogen-bond donors (Lipinski definition) is 7. The first-order chi connectivity index (χ1) is 23.2. The van der Waals surface area contributed by atoms with Gasteiger partial charge in [0.15, 0.2) is 11.4 Å². The van der Waals surface area contributed by atoms with E-state index < -0.39 is 69.7 Å². The summed E-state index contributed by atoms with van der Waals surface area (Å²) in [4.78, 5) is 55.8. The van der Waals surface area contributed by atoms with Gasteiger partial charge in [0, 0.05) is 31.3 Å². The first-order valence-electron chi connectivity index (χ1n) is 17.4. The Morgan fingerprint density at radius 1 is 0.961 bits per heavy atom. The summed E-state index contributed by atoms with van der Waals surface area (Å²) in [5, 5.41) is 51.8. The quantitative estimate of drug-likeness (QED) is 0.0731. The van der Waals surface area contributed by atoms with Crippen molar-refractivity contribution in [3.8, 4) is 5.75 Å². The molecular formula is C36H55Cl2N5O8. The van der Waals surface area contributed by atoms with Crippen molar-refractivity contribution in [3.63, 3.8) is 0 Å². The van der Waals surface area contributed by atoms with Crippen LogP contribution in [0.25, 0.3) is 5.76 Å². The number of benzene rings is 1. The number of ketones is 2. The second kappa shape index (κ2) is 18.4. The zero-order valence-electron chi connectivity index (χ0n) is 30.2. The topological polar surface area (TPSA) is 206 Å². The van der Waals surface area contributed by atoms with E-state index in [0.717, 1.165) is 19.3 Å². The van der Waals surface area contributed by atoms with Crippen LogP contribution in [0.2, 0.25) is 0 Å². The number of primary amides is 1. The van der Waals surface area contributed by atoms with Gasteiger partial charge in [-0.25, -0.2) is 0 Å². The molecule has 0 bridgehead atoms. The van der Waals surface area contributed by atoms with E-state index in [2.05, 4.69) is 17.6 Å². The predicted molar refractivity (Wildman–Crippen MR) is 202 cm³/mol. The third-order valence-corrected chi connectivity index (χ3v) is 10.2. The number of halogens is 2. The Morgan fingerprint density at radius 2 is 1.55 bits per heavy atom. The standard InChI is InChI=1S/C36H53N5O8.2ClH/c1-6-7-8-9-10-11-12-13-14-15-38-19-25(42)39-23-18-24(40(2)3)21-16-20-17-22-29(41(4)5)32(45)28(35(37)48)34(47)36(22,49)33(46)26(20)31(44)27(21)30(23)43;;/h18,20,22,29,38,43-44,47,49H,6-17,19H2,1-5H3,(H2,37,48)(H,39,42);2*1H/t20?,22?,29-,36-;;/m0../s1. The van der Waals surface area contributed by atoms with Crippen LogP contribution in [0, 0.1) is 11.8 Å². The van der Waals surface area contributed by atoms with Gasteiger partial charge < -0.3 is 41.7 Å². The summed E-state index contributed by atoms with van der Waals surface area (Å²) < 4.78 is 0. The molecule has 15 heteroatoms. The number of aliphatic hydroxyl groups is 3. The van der Waals surface area contributed by atoms with E-state index in [1.165, 1.54) is 43.4 Å². The number of fused-ring (bicyclic) bond motifs is 3. The highest BCUT2D eigenvalue weighted by molar-refractivity contribution is 6.24. The fraction of sp³-hybridized carbons (Fsp3) is 0.611. The van der Waals surface area contributed by atoms with Crippen LogP contribution in [0.3, 0.4) is 0 Å². The third-order valence-electron chi connectivity index (χ3n) is 10.2. The average molecular weight is 757 g/mol. The number of carbonyl (C=O) groups is 4. The van der Waals surface area contributed by atoms with Crippen molar-refractivity contribution in [1.29, 1.82) is 0 Å². The molecule has 0 radical (unpaired) electrons. The number of unbranched alkanes of at least 4 members (excludes halogenated alkanes) is 8. The molecule has 0 aliphatic heterocycles. The molecule has 2 unspecified atom stereocenters. The van der Waals surface area contributed by atoms with Gasteiger partial charge >= 0.3 is 0 Å². The Bertz CT molecular complexity index is 1550. The highest BCUT2D eigenvalue weighted by atomic mass is 35.5. The summed E-state index contributed by atoms with van der Waals surface area (Å²) in [5.41, 5.74) is 2.59. The van der Waals surface area contributed by atoms with Crippen molar-refractivity contribution in [2.75, 3.05) is 51.5 Å². The lowest BCUT2D eigenvalue weighted by molar-refractivity contribution is -0.153. The van der Waals surface area contributed by atoms with Crippen molar-refractivity contribution in [1.82, 2.24) is 10.2 Å². The number of anilines is 2. The number of hydrogen-bond acceptors (Lipinski definition) is 11. The maximum atomic E-state index is 14.2. The first kappa shape index (κ1) is 43.8. The predicted octanol–water partition coefficient (Wildman–Crippen LogP) is 3.93. The number of rotatable bonds is 16. The number of nitrogens with one attached hydrogen (secondary N) is 2. The van der Waals surface area contributed by atoms with Crippen LogP contribution in [0.5, 0.6) is 5.75 Å². The number of nitrogens with two attached hydrogens (primary N) is 1. The van der Waals surface area contributed by atoms with Crippen molar-refractivity contribution < 1.29 is 39.6 Å². The molecule has 0 saturated heterocycles. The highest BCUT2D eigenvalue weighted by Crippen LogP contribution is 2.54. The summed E-state index contributed by atoms with van der Waals surface area (Å²) >= 11 is 0. The number of phenolic OH excluding ortho intramolecular Hbond substituents is 1. The summed E-state index contributed by atoms with van der Waals surface area (Å²) in [6.45, 7) is 2.88. The average Bonchev–Trinajstić information content (AvgIpc) is 3.02. The van der Waals surface area contributed by atoms with Gasteiger partial charge in [0.25, 0.3) is 5.91 Å². The van der Waals surface area contributed by atoms with E-state index in [9.17, 15) is 39.6 Å². The number of aliphatic hydroxyl groups excluding tert-OH is 2. The fourth-order valence-electron chi connectivity index (χ4n) is 7.74. The van der Waals surface area contributed by atoms with Crippen LogP contribution < -0.4 is 21.3 Å². The molecule has 51 heavy (non-hydrogen) atoms. The molecule has 4 rings (SSSR count). The zero-order chi connectivity index (χ0) is 36.2. The SMILES string of the molecule is CCCCCCCCCCCNCC(=O)Nc1cc(N(C)C)c2c(c1O)C(O)=C1C(=O)[C@]3(O)C(O)=C(C(N)=O)C(=O)[C@@H](N(C)C)C3CC1C2.Cl.Cl. The van der Waals surface area contributed by atoms with Crippen molar-refractivity contribution in [2.24, 2.45) is 17.6 Å². The minimum atomic E-state index is -2.73. The summed E-state index contributed by atoms with van der Waals surface area (Å²) in [5.74, 6) is -7.67. The van der Waals surface area contributed by atoms with Gasteiger partial charge in [-0.05, 0) is 57.5 Å². The monoisotopic (exact) mass is 755 g/mol. The lowest BCUT2D eigenvalue weighted by Gasteiger charge is -2.50. The summed E-state index contributed by atoms with van der Waals surface area (Å²) in [6.07, 6.45) is 10.9. The van der Waals surface area contributed by atoms with Crippen LogP contribution in [0.15, 0.2) is 23.0 Å². The van der Waals surface area contributed by atoms with E-state index in [1.807, 2.05) is 0 Å². The van der Waals surface area contributed by atoms with E-state index in [-0.39, 0.29) is 61.0 Å². The first-order valence-corrected chi connectivity index (χ1v) is 17.4. The normalized spacial score (nSPS) is 22.5. The largest absolute Gasteiger partial charge is 0.508 e. The van der Waals surface area contributed by atoms with Crippen LogP contribution in [-0.4, -0.2) is 102 Å². The maximum Gasteiger partial charge on any atom is 0.255 e. The van der Waals surface area contributed by atoms with E-state index in [1.54, 1.807) is 39.2 Å². The maximum absolute atomic E-state index is 14.2. The van der Waals surface area contributed by atoms with E-state index in [0.29, 0.717) is 17.8 Å². The summed E-state index contributed by atoms with van der Waals surface area (Å²) in [6, 6.07) is 0.442. The number of phenols is 1. The molecule has 2 amide bonds. The minimum Gasteiger partial charge on any atom is -0.508 e. The Kier molecular flexibility index (Phi) is 15.8. The molecule has 3 aliphatic carbocycles. The summed E-state index contributed by atoms with van der Waals surface area (Å²) in [7, 11) is 6.64. The highest BCUT2D eigenvalue weighted by Gasteiger charge is 2.64. The molecule has 8 N–H and O–H groups in total. The number of amides is 2. The van der Waals surface area contributed by atoms with Gasteiger partial charge in [0.1, 0.15) is 22.8 Å². The van der Waals surface area contributed by atoms with Gasteiger partial charge in [0.05, 0.1) is 23.8 Å². The van der Waals surface area contributed by atoms with Crippen LogP contribution in [0.4, 0.5) is 11.4 Å². The molecule has 1 aromatic carbocycles. The molecule has 1 fully saturated rings. The molecule has 13 nitrogen and oxygen atoms in total. The molecule has 4 atom stereocenters. The number of carbonyl (C=O) groups excluding carboxylic acids is 4. The minimum absolute atomic E-state index is 0. The molecule has 1 aromatic rings. The second-order valence-electron chi connectivity index (χ2n) is 14.1. The van der Waals surface area contributed by atoms with Crippen molar-refractivity contribution in [2.45, 2.75) is 89.2 Å². The molecule has 1 saturated carbocycles. The Morgan fingerprint density at radius 3 is 2.10 bits per heavy atom. The second-order valence-corrected chi connectivity index (χ2v) is 14.1. The molecular weight excluding hydrogens is 701 g/mol. The van der Waals surface area contributed by atoms with Gasteiger partial charge in [-0.3, -0.25) is 24.1 Å². The molecule has 0 heterocycles. The Balaban J connectivity index is 0.00000451. The lowest BCUT2D eigenvalue weighted by atomic mass is 9.57. The van der Waals surface area contributed by atoms with Gasteiger partial charge in [-0.2, -0.15) is 0 Å². The van der Waals surface area contributed by atoms with Crippen LogP contribution in [0.1, 0.15) is 82.3 Å². The number of aromatic hydroxyl groups is 1.